The van der Waals surface area contributed by atoms with Crippen molar-refractivity contribution in [3.05, 3.63) is 0 Å². The summed E-state index contributed by atoms with van der Waals surface area (Å²) in [6, 6.07) is 1.41. The topological polar surface area (TPSA) is 15.3 Å². The van der Waals surface area contributed by atoms with Gasteiger partial charge in [-0.1, -0.05) is 20.8 Å². The molecule has 2 heteroatoms. The largest absolute Gasteiger partial charge is 0.314 e. The van der Waals surface area contributed by atoms with E-state index in [-0.39, 0.29) is 0 Å². The number of hydrogen-bond acceptors (Lipinski definition) is 2. The third kappa shape index (κ3) is 4.97. The highest BCUT2D eigenvalue weighted by Gasteiger charge is 2.35. The smallest absolute Gasteiger partial charge is 0.00979 e. The first-order chi connectivity index (χ1) is 7.82. The lowest BCUT2D eigenvalue weighted by atomic mass is 9.91. The van der Waals surface area contributed by atoms with E-state index in [1.165, 1.54) is 32.4 Å². The zero-order valence-corrected chi connectivity index (χ0v) is 12.7. The minimum atomic E-state index is 0.547. The molecule has 2 unspecified atom stereocenters. The van der Waals surface area contributed by atoms with Gasteiger partial charge in [0.15, 0.2) is 0 Å². The van der Waals surface area contributed by atoms with Crippen molar-refractivity contribution in [2.24, 2.45) is 11.3 Å². The Kier molecular flexibility index (Phi) is 5.46. The summed E-state index contributed by atoms with van der Waals surface area (Å²) < 4.78 is 0. The van der Waals surface area contributed by atoms with E-state index in [0.717, 1.165) is 12.0 Å². The maximum Gasteiger partial charge on any atom is 0.00979 e. The predicted octanol–water partition coefficient (Wildman–Crippen LogP) is 3.13. The van der Waals surface area contributed by atoms with Crippen molar-refractivity contribution < 1.29 is 0 Å². The Morgan fingerprint density at radius 1 is 1.29 bits per heavy atom. The molecule has 17 heavy (non-hydrogen) atoms. The molecule has 2 atom stereocenters. The molecule has 0 aromatic heterocycles. The van der Waals surface area contributed by atoms with Gasteiger partial charge in [0.05, 0.1) is 0 Å². The van der Waals surface area contributed by atoms with Gasteiger partial charge in [0.2, 0.25) is 0 Å². The number of hydrogen-bond donors (Lipinski definition) is 1. The quantitative estimate of drug-likeness (QED) is 0.718. The lowest BCUT2D eigenvalue weighted by Crippen LogP contribution is -2.35. The van der Waals surface area contributed by atoms with Crippen molar-refractivity contribution in [2.45, 2.75) is 66.0 Å². The molecule has 102 valence electrons. The second-order valence-corrected chi connectivity index (χ2v) is 7.04. The molecule has 2 nitrogen and oxygen atoms in total. The standard InChI is InChI=1S/C15H32N2/c1-12(2)17(6)9-7-8-16-14-11-15(4,5)10-13(14)3/h12-14,16H,7-11H2,1-6H3. The first-order valence-electron chi connectivity index (χ1n) is 7.25. The highest BCUT2D eigenvalue weighted by atomic mass is 15.1. The van der Waals surface area contributed by atoms with Crippen LogP contribution in [0.2, 0.25) is 0 Å². The Morgan fingerprint density at radius 3 is 2.41 bits per heavy atom. The first kappa shape index (κ1) is 15.0. The first-order valence-corrected chi connectivity index (χ1v) is 7.25. The summed E-state index contributed by atoms with van der Waals surface area (Å²) in [6.07, 6.45) is 3.98. The molecule has 1 saturated carbocycles. The fourth-order valence-corrected chi connectivity index (χ4v) is 3.04. The average Bonchev–Trinajstić information content (AvgIpc) is 2.46. The van der Waals surface area contributed by atoms with Crippen LogP contribution in [-0.4, -0.2) is 37.1 Å². The fourth-order valence-electron chi connectivity index (χ4n) is 3.04. The van der Waals surface area contributed by atoms with Crippen molar-refractivity contribution in [3.8, 4) is 0 Å². The van der Waals surface area contributed by atoms with Crippen molar-refractivity contribution >= 4 is 0 Å². The van der Waals surface area contributed by atoms with Gasteiger partial charge in [-0.3, -0.25) is 0 Å². The van der Waals surface area contributed by atoms with E-state index in [4.69, 9.17) is 0 Å². The Morgan fingerprint density at radius 2 is 1.94 bits per heavy atom. The van der Waals surface area contributed by atoms with Gasteiger partial charge in [-0.05, 0) is 64.6 Å². The molecule has 1 rings (SSSR count). The minimum absolute atomic E-state index is 0.547. The molecule has 0 radical (unpaired) electrons. The average molecular weight is 240 g/mol. The maximum atomic E-state index is 3.75. The summed E-state index contributed by atoms with van der Waals surface area (Å²) in [7, 11) is 2.21. The minimum Gasteiger partial charge on any atom is -0.314 e. The zero-order chi connectivity index (χ0) is 13.1. The van der Waals surface area contributed by atoms with Crippen LogP contribution < -0.4 is 5.32 Å². The van der Waals surface area contributed by atoms with Crippen LogP contribution in [0.5, 0.6) is 0 Å². The van der Waals surface area contributed by atoms with Crippen molar-refractivity contribution in [2.75, 3.05) is 20.1 Å². The van der Waals surface area contributed by atoms with Gasteiger partial charge in [-0.2, -0.15) is 0 Å². The number of nitrogens with zero attached hydrogens (tertiary/aromatic N) is 1. The number of nitrogens with one attached hydrogen (secondary N) is 1. The van der Waals surface area contributed by atoms with E-state index in [1.54, 1.807) is 0 Å². The van der Waals surface area contributed by atoms with E-state index in [9.17, 15) is 0 Å². The summed E-state index contributed by atoms with van der Waals surface area (Å²) in [5.41, 5.74) is 0.547. The third-order valence-corrected chi connectivity index (χ3v) is 4.31. The molecule has 0 bridgehead atoms. The van der Waals surface area contributed by atoms with Crippen molar-refractivity contribution in [3.63, 3.8) is 0 Å². The molecule has 0 amide bonds. The highest BCUT2D eigenvalue weighted by Crippen LogP contribution is 2.40. The maximum absolute atomic E-state index is 3.75. The molecule has 1 N–H and O–H groups in total. The summed E-state index contributed by atoms with van der Waals surface area (Å²) in [4.78, 5) is 2.42. The van der Waals surface area contributed by atoms with Crippen LogP contribution in [0.25, 0.3) is 0 Å². The van der Waals surface area contributed by atoms with Crippen LogP contribution in [0.3, 0.4) is 0 Å². The van der Waals surface area contributed by atoms with Gasteiger partial charge in [-0.15, -0.1) is 0 Å². The van der Waals surface area contributed by atoms with Crippen molar-refractivity contribution in [1.29, 1.82) is 0 Å². The Hall–Kier alpha value is -0.0800. The molecule has 1 aliphatic rings. The van der Waals surface area contributed by atoms with E-state index < -0.39 is 0 Å². The molecule has 0 heterocycles. The van der Waals surface area contributed by atoms with E-state index in [1.807, 2.05) is 0 Å². The SMILES string of the molecule is CC1CC(C)(C)CC1NCCCN(C)C(C)C. The Bertz CT molecular complexity index is 223. The molecule has 0 aromatic rings. The normalized spacial score (nSPS) is 28.2. The summed E-state index contributed by atoms with van der Waals surface area (Å²) in [5, 5.41) is 3.75. The zero-order valence-electron chi connectivity index (χ0n) is 12.7. The second-order valence-electron chi connectivity index (χ2n) is 7.04. The third-order valence-electron chi connectivity index (χ3n) is 4.31. The van der Waals surface area contributed by atoms with Gasteiger partial charge in [0.25, 0.3) is 0 Å². The summed E-state index contributed by atoms with van der Waals surface area (Å²) in [5.74, 6) is 0.841. The molecular weight excluding hydrogens is 208 g/mol. The Balaban J connectivity index is 2.15. The van der Waals surface area contributed by atoms with Crippen LogP contribution >= 0.6 is 0 Å². The van der Waals surface area contributed by atoms with Crippen LogP contribution in [0.1, 0.15) is 53.9 Å². The molecule has 0 spiro atoms. The fraction of sp³-hybridized carbons (Fsp3) is 1.00. The van der Waals surface area contributed by atoms with Crippen LogP contribution in [0.15, 0.2) is 0 Å². The molecule has 1 aliphatic carbocycles. The van der Waals surface area contributed by atoms with E-state index in [0.29, 0.717) is 11.5 Å². The van der Waals surface area contributed by atoms with Gasteiger partial charge in [0.1, 0.15) is 0 Å². The van der Waals surface area contributed by atoms with Gasteiger partial charge >= 0.3 is 0 Å². The molecule has 1 fully saturated rings. The Labute approximate surface area is 108 Å². The summed E-state index contributed by atoms with van der Waals surface area (Å²) >= 11 is 0. The van der Waals surface area contributed by atoms with Gasteiger partial charge < -0.3 is 10.2 Å². The summed E-state index contributed by atoms with van der Waals surface area (Å²) in [6.45, 7) is 14.1. The van der Waals surface area contributed by atoms with E-state index in [2.05, 4.69) is 51.9 Å². The van der Waals surface area contributed by atoms with Crippen LogP contribution in [-0.2, 0) is 0 Å². The van der Waals surface area contributed by atoms with E-state index >= 15 is 0 Å². The van der Waals surface area contributed by atoms with Crippen LogP contribution in [0, 0.1) is 11.3 Å². The highest BCUT2D eigenvalue weighted by molar-refractivity contribution is 4.90. The lowest BCUT2D eigenvalue weighted by molar-refractivity contribution is 0.265. The monoisotopic (exact) mass is 240 g/mol. The lowest BCUT2D eigenvalue weighted by Gasteiger charge is -2.22. The predicted molar refractivity (Wildman–Crippen MR) is 76.4 cm³/mol. The molecule has 0 aromatic carbocycles. The molecule has 0 saturated heterocycles. The van der Waals surface area contributed by atoms with Gasteiger partial charge in [0, 0.05) is 12.1 Å². The van der Waals surface area contributed by atoms with Crippen molar-refractivity contribution in [1.82, 2.24) is 10.2 Å². The van der Waals surface area contributed by atoms with Crippen LogP contribution in [0.4, 0.5) is 0 Å². The molecular formula is C15H32N2. The number of rotatable bonds is 6. The second kappa shape index (κ2) is 6.19. The van der Waals surface area contributed by atoms with Gasteiger partial charge in [-0.25, -0.2) is 0 Å². The molecule has 0 aliphatic heterocycles.